The smallest absolute Gasteiger partial charge is 0.191 e. The monoisotopic (exact) mass is 371 g/mol. The number of nitrogens with zero attached hydrogens (tertiary/aromatic N) is 2. The van der Waals surface area contributed by atoms with Crippen molar-refractivity contribution in [1.82, 2.24) is 9.97 Å². The highest BCUT2D eigenvalue weighted by Crippen LogP contribution is 2.37. The largest absolute Gasteiger partial charge is 0.493 e. The zero-order valence-corrected chi connectivity index (χ0v) is 15.7. The van der Waals surface area contributed by atoms with Gasteiger partial charge in [0.15, 0.2) is 5.16 Å². The molecule has 0 unspecified atom stereocenters. The SMILES string of the molecule is Nc1nc(SCCOc2ccccc2)nc2sc3c(c12)CCCCC3. The number of aromatic nitrogens is 2. The van der Waals surface area contributed by atoms with Gasteiger partial charge in [-0.3, -0.25) is 0 Å². The van der Waals surface area contributed by atoms with E-state index in [1.165, 1.54) is 29.7 Å². The summed E-state index contributed by atoms with van der Waals surface area (Å²) >= 11 is 3.40. The van der Waals surface area contributed by atoms with Gasteiger partial charge in [-0.05, 0) is 43.4 Å². The van der Waals surface area contributed by atoms with Gasteiger partial charge >= 0.3 is 0 Å². The molecule has 1 aliphatic carbocycles. The van der Waals surface area contributed by atoms with E-state index >= 15 is 0 Å². The molecule has 0 atom stereocenters. The van der Waals surface area contributed by atoms with Crippen molar-refractivity contribution in [2.45, 2.75) is 37.3 Å². The topological polar surface area (TPSA) is 61.0 Å². The van der Waals surface area contributed by atoms with Crippen LogP contribution in [-0.4, -0.2) is 22.3 Å². The molecule has 0 saturated carbocycles. The molecule has 1 aliphatic rings. The minimum Gasteiger partial charge on any atom is -0.493 e. The fourth-order valence-electron chi connectivity index (χ4n) is 3.22. The number of nitrogen functional groups attached to an aromatic ring is 1. The molecule has 2 heterocycles. The number of rotatable bonds is 5. The average Bonchev–Trinajstić information content (AvgIpc) is 2.82. The number of anilines is 1. The molecule has 0 amide bonds. The molecular formula is C19H21N3OS2. The van der Waals surface area contributed by atoms with Gasteiger partial charge in [0.1, 0.15) is 16.4 Å². The summed E-state index contributed by atoms with van der Waals surface area (Å²) in [5, 5.41) is 1.85. The van der Waals surface area contributed by atoms with E-state index in [-0.39, 0.29) is 0 Å². The number of nitrogens with two attached hydrogens (primary N) is 1. The molecule has 3 aromatic rings. The fourth-order valence-corrected chi connectivity index (χ4v) is 5.21. The van der Waals surface area contributed by atoms with Crippen LogP contribution in [0.25, 0.3) is 10.2 Å². The van der Waals surface area contributed by atoms with Crippen LogP contribution >= 0.6 is 23.1 Å². The van der Waals surface area contributed by atoms with E-state index in [1.54, 1.807) is 23.1 Å². The Bertz CT molecular complexity index is 864. The molecule has 0 fully saturated rings. The van der Waals surface area contributed by atoms with Gasteiger partial charge in [0, 0.05) is 10.6 Å². The summed E-state index contributed by atoms with van der Waals surface area (Å²) in [4.78, 5) is 11.8. The Morgan fingerprint density at radius 2 is 1.92 bits per heavy atom. The molecule has 130 valence electrons. The second-order valence-corrected chi connectivity index (χ2v) is 8.29. The lowest BCUT2D eigenvalue weighted by Crippen LogP contribution is -2.02. The second kappa shape index (κ2) is 7.62. The minimum absolute atomic E-state index is 0.622. The molecule has 0 radical (unpaired) electrons. The summed E-state index contributed by atoms with van der Waals surface area (Å²) in [7, 11) is 0. The second-order valence-electron chi connectivity index (χ2n) is 6.15. The summed E-state index contributed by atoms with van der Waals surface area (Å²) in [5.74, 6) is 2.32. The third-order valence-corrected chi connectivity index (χ3v) is 6.40. The number of ether oxygens (including phenoxy) is 1. The van der Waals surface area contributed by atoms with Gasteiger partial charge in [0.05, 0.1) is 12.0 Å². The van der Waals surface area contributed by atoms with E-state index in [1.807, 2.05) is 30.3 Å². The van der Waals surface area contributed by atoms with Crippen LogP contribution < -0.4 is 10.5 Å². The number of benzene rings is 1. The van der Waals surface area contributed by atoms with E-state index in [0.29, 0.717) is 12.4 Å². The van der Waals surface area contributed by atoms with E-state index in [4.69, 9.17) is 15.5 Å². The molecule has 0 aliphatic heterocycles. The van der Waals surface area contributed by atoms with E-state index < -0.39 is 0 Å². The van der Waals surface area contributed by atoms with Crippen molar-refractivity contribution in [3.05, 3.63) is 40.8 Å². The van der Waals surface area contributed by atoms with E-state index in [2.05, 4.69) is 4.98 Å². The number of aryl methyl sites for hydroxylation is 2. The van der Waals surface area contributed by atoms with E-state index in [9.17, 15) is 0 Å². The first-order valence-electron chi connectivity index (χ1n) is 8.69. The van der Waals surface area contributed by atoms with Crippen molar-refractivity contribution in [3.63, 3.8) is 0 Å². The molecule has 6 heteroatoms. The molecular weight excluding hydrogens is 350 g/mol. The molecule has 2 N–H and O–H groups in total. The Morgan fingerprint density at radius 1 is 1.08 bits per heavy atom. The molecule has 25 heavy (non-hydrogen) atoms. The van der Waals surface area contributed by atoms with Crippen LogP contribution in [0.15, 0.2) is 35.5 Å². The normalized spacial score (nSPS) is 14.2. The number of hydrogen-bond donors (Lipinski definition) is 1. The molecule has 2 aromatic heterocycles. The van der Waals surface area contributed by atoms with Crippen molar-refractivity contribution in [3.8, 4) is 5.75 Å². The van der Waals surface area contributed by atoms with Crippen LogP contribution in [0, 0.1) is 0 Å². The summed E-state index contributed by atoms with van der Waals surface area (Å²) in [6.07, 6.45) is 6.08. The summed E-state index contributed by atoms with van der Waals surface area (Å²) in [6.45, 7) is 0.622. The summed E-state index contributed by atoms with van der Waals surface area (Å²) in [6, 6.07) is 9.85. The first kappa shape index (κ1) is 16.7. The third-order valence-electron chi connectivity index (χ3n) is 4.40. The van der Waals surface area contributed by atoms with Gasteiger partial charge in [-0.1, -0.05) is 36.4 Å². The lowest BCUT2D eigenvalue weighted by atomic mass is 10.1. The van der Waals surface area contributed by atoms with Gasteiger partial charge in [0.2, 0.25) is 0 Å². The standard InChI is InChI=1S/C19H21N3OS2/c20-17-16-14-9-5-2-6-10-15(14)25-18(16)22-19(21-17)24-12-11-23-13-7-3-1-4-8-13/h1,3-4,7-8H,2,5-6,9-12H2,(H2,20,21,22). The van der Waals surface area contributed by atoms with Crippen molar-refractivity contribution in [2.75, 3.05) is 18.1 Å². The summed E-state index contributed by atoms with van der Waals surface area (Å²) in [5.41, 5.74) is 7.68. The number of thioether (sulfide) groups is 1. The van der Waals surface area contributed by atoms with Crippen LogP contribution in [0.1, 0.15) is 29.7 Å². The quantitative estimate of drug-likeness (QED) is 0.304. The molecule has 0 spiro atoms. The van der Waals surface area contributed by atoms with Crippen LogP contribution in [0.5, 0.6) is 5.75 Å². The van der Waals surface area contributed by atoms with Crippen LogP contribution in [0.3, 0.4) is 0 Å². The van der Waals surface area contributed by atoms with Gasteiger partial charge in [-0.25, -0.2) is 9.97 Å². The van der Waals surface area contributed by atoms with Crippen LogP contribution in [0.4, 0.5) is 5.82 Å². The molecule has 0 bridgehead atoms. The minimum atomic E-state index is 0.622. The average molecular weight is 372 g/mol. The predicted molar refractivity (Wildman–Crippen MR) is 106 cm³/mol. The zero-order chi connectivity index (χ0) is 17.1. The molecule has 4 rings (SSSR count). The first-order chi connectivity index (χ1) is 12.3. The van der Waals surface area contributed by atoms with Crippen molar-refractivity contribution >= 4 is 39.1 Å². The maximum Gasteiger partial charge on any atom is 0.191 e. The van der Waals surface area contributed by atoms with Crippen LogP contribution in [-0.2, 0) is 12.8 Å². The van der Waals surface area contributed by atoms with Crippen molar-refractivity contribution in [2.24, 2.45) is 0 Å². The molecule has 0 saturated heterocycles. The Kier molecular flexibility index (Phi) is 5.08. The first-order valence-corrected chi connectivity index (χ1v) is 10.5. The zero-order valence-electron chi connectivity index (χ0n) is 14.0. The number of hydrogen-bond acceptors (Lipinski definition) is 6. The van der Waals surface area contributed by atoms with Gasteiger partial charge in [0.25, 0.3) is 0 Å². The lowest BCUT2D eigenvalue weighted by molar-refractivity contribution is 0.344. The number of para-hydroxylation sites is 1. The lowest BCUT2D eigenvalue weighted by Gasteiger charge is -2.06. The fraction of sp³-hybridized carbons (Fsp3) is 0.368. The van der Waals surface area contributed by atoms with Crippen LogP contribution in [0.2, 0.25) is 0 Å². The Morgan fingerprint density at radius 3 is 2.80 bits per heavy atom. The third kappa shape index (κ3) is 3.75. The number of thiophene rings is 1. The maximum atomic E-state index is 6.28. The van der Waals surface area contributed by atoms with Gasteiger partial charge in [-0.2, -0.15) is 0 Å². The highest BCUT2D eigenvalue weighted by Gasteiger charge is 2.19. The Balaban J connectivity index is 1.46. The van der Waals surface area contributed by atoms with Crippen molar-refractivity contribution < 1.29 is 4.74 Å². The Hall–Kier alpha value is -1.79. The van der Waals surface area contributed by atoms with Gasteiger partial charge < -0.3 is 10.5 Å². The van der Waals surface area contributed by atoms with Crippen molar-refractivity contribution in [1.29, 1.82) is 0 Å². The number of fused-ring (bicyclic) bond motifs is 3. The molecule has 4 nitrogen and oxygen atoms in total. The van der Waals surface area contributed by atoms with E-state index in [0.717, 1.165) is 39.7 Å². The highest BCUT2D eigenvalue weighted by atomic mass is 32.2. The maximum absolute atomic E-state index is 6.28. The predicted octanol–water partition coefficient (Wildman–Crippen LogP) is 4.71. The molecule has 1 aromatic carbocycles. The highest BCUT2D eigenvalue weighted by molar-refractivity contribution is 7.99. The van der Waals surface area contributed by atoms with Gasteiger partial charge in [-0.15, -0.1) is 11.3 Å². The Labute approximate surface area is 155 Å². The summed E-state index contributed by atoms with van der Waals surface area (Å²) < 4.78 is 5.72.